The van der Waals surface area contributed by atoms with Gasteiger partial charge in [-0.3, -0.25) is 9.78 Å². The topological polar surface area (TPSA) is 62.2 Å². The van der Waals surface area contributed by atoms with E-state index in [1.54, 1.807) is 12.3 Å². The van der Waals surface area contributed by atoms with Gasteiger partial charge in [0.15, 0.2) is 0 Å². The van der Waals surface area contributed by atoms with Gasteiger partial charge >= 0.3 is 0 Å². The summed E-state index contributed by atoms with van der Waals surface area (Å²) in [7, 11) is 0. The zero-order valence-electron chi connectivity index (χ0n) is 10.1. The molecular formula is C13H17ClN2O2. The summed E-state index contributed by atoms with van der Waals surface area (Å²) in [5.74, 6) is 0.181. The molecule has 0 saturated heterocycles. The summed E-state index contributed by atoms with van der Waals surface area (Å²) in [5, 5.41) is 12.8. The number of aromatic nitrogens is 1. The molecule has 0 spiro atoms. The molecule has 1 saturated carbocycles. The first-order chi connectivity index (χ1) is 8.66. The van der Waals surface area contributed by atoms with E-state index in [9.17, 15) is 9.90 Å². The third-order valence-corrected chi connectivity index (χ3v) is 3.62. The molecule has 98 valence electrons. The predicted octanol–water partition coefficient (Wildman–Crippen LogP) is 2.02. The maximum atomic E-state index is 11.9. The molecule has 0 bridgehead atoms. The summed E-state index contributed by atoms with van der Waals surface area (Å²) in [6.07, 6.45) is 6.51. The summed E-state index contributed by atoms with van der Waals surface area (Å²) < 4.78 is 0. The van der Waals surface area contributed by atoms with Crippen LogP contribution < -0.4 is 5.32 Å². The summed E-state index contributed by atoms with van der Waals surface area (Å²) in [6, 6.07) is 1.60. The van der Waals surface area contributed by atoms with E-state index in [4.69, 9.17) is 11.6 Å². The van der Waals surface area contributed by atoms with Crippen molar-refractivity contribution in [2.45, 2.75) is 31.8 Å². The van der Waals surface area contributed by atoms with Gasteiger partial charge in [0.2, 0.25) is 0 Å². The van der Waals surface area contributed by atoms with Gasteiger partial charge in [-0.2, -0.15) is 0 Å². The van der Waals surface area contributed by atoms with E-state index >= 15 is 0 Å². The van der Waals surface area contributed by atoms with Gasteiger partial charge in [0.05, 0.1) is 16.7 Å². The maximum absolute atomic E-state index is 11.9. The lowest BCUT2D eigenvalue weighted by molar-refractivity contribution is 0.0874. The van der Waals surface area contributed by atoms with Crippen molar-refractivity contribution in [2.75, 3.05) is 6.54 Å². The van der Waals surface area contributed by atoms with Gasteiger partial charge in [0.1, 0.15) is 0 Å². The molecule has 1 fully saturated rings. The smallest absolute Gasteiger partial charge is 0.252 e. The van der Waals surface area contributed by atoms with Gasteiger partial charge in [-0.05, 0) is 31.2 Å². The molecule has 1 heterocycles. The third-order valence-electron chi connectivity index (χ3n) is 3.32. The number of pyridine rings is 1. The average molecular weight is 269 g/mol. The van der Waals surface area contributed by atoms with E-state index in [-0.39, 0.29) is 12.0 Å². The lowest BCUT2D eigenvalue weighted by Crippen LogP contribution is -2.33. The quantitative estimate of drug-likeness (QED) is 0.882. The number of carbonyl (C=O) groups is 1. The highest BCUT2D eigenvalue weighted by molar-refractivity contribution is 6.33. The van der Waals surface area contributed by atoms with Gasteiger partial charge in [-0.15, -0.1) is 0 Å². The number of aliphatic hydroxyl groups excluding tert-OH is 1. The molecule has 18 heavy (non-hydrogen) atoms. The molecule has 1 aliphatic carbocycles. The van der Waals surface area contributed by atoms with Crippen molar-refractivity contribution < 1.29 is 9.90 Å². The maximum Gasteiger partial charge on any atom is 0.252 e. The molecule has 1 aromatic rings. The number of nitrogens with one attached hydrogen (secondary N) is 1. The Balaban J connectivity index is 1.87. The Labute approximate surface area is 111 Å². The summed E-state index contributed by atoms with van der Waals surface area (Å²) in [4.78, 5) is 15.7. The van der Waals surface area contributed by atoms with Gasteiger partial charge in [0, 0.05) is 18.9 Å². The minimum absolute atomic E-state index is 0.178. The van der Waals surface area contributed by atoms with Crippen molar-refractivity contribution >= 4 is 17.5 Å². The third kappa shape index (κ3) is 3.43. The minimum Gasteiger partial charge on any atom is -0.393 e. The number of carbonyl (C=O) groups excluding carboxylic acids is 1. The molecule has 1 aliphatic rings. The monoisotopic (exact) mass is 268 g/mol. The highest BCUT2D eigenvalue weighted by Crippen LogP contribution is 2.23. The molecule has 2 atom stereocenters. The van der Waals surface area contributed by atoms with E-state index in [2.05, 4.69) is 10.3 Å². The van der Waals surface area contributed by atoms with E-state index in [1.165, 1.54) is 6.20 Å². The molecule has 4 nitrogen and oxygen atoms in total. The number of rotatable bonds is 3. The standard InChI is InChI=1S/C13H17ClN2O2/c14-12-8-15-5-4-11(12)13(18)16-7-9-2-1-3-10(17)6-9/h4-5,8-10,17H,1-3,6-7H2,(H,16,18). The number of nitrogens with zero attached hydrogens (tertiary/aromatic N) is 1. The largest absolute Gasteiger partial charge is 0.393 e. The molecule has 0 aromatic carbocycles. The van der Waals surface area contributed by atoms with Crippen LogP contribution in [0, 0.1) is 5.92 Å². The first-order valence-electron chi connectivity index (χ1n) is 6.22. The van der Waals surface area contributed by atoms with Crippen LogP contribution in [-0.2, 0) is 0 Å². The Bertz CT molecular complexity index is 425. The number of halogens is 1. The van der Waals surface area contributed by atoms with E-state index in [0.717, 1.165) is 25.7 Å². The Morgan fingerprint density at radius 1 is 1.56 bits per heavy atom. The lowest BCUT2D eigenvalue weighted by Gasteiger charge is -2.25. The zero-order chi connectivity index (χ0) is 13.0. The molecule has 0 radical (unpaired) electrons. The Hall–Kier alpha value is -1.13. The van der Waals surface area contributed by atoms with Crippen LogP contribution in [0.5, 0.6) is 0 Å². The SMILES string of the molecule is O=C(NCC1CCCC(O)C1)c1ccncc1Cl. The summed E-state index contributed by atoms with van der Waals surface area (Å²) in [5.41, 5.74) is 0.447. The van der Waals surface area contributed by atoms with Crippen molar-refractivity contribution in [3.8, 4) is 0 Å². The molecular weight excluding hydrogens is 252 g/mol. The van der Waals surface area contributed by atoms with Crippen LogP contribution in [-0.4, -0.2) is 28.6 Å². The van der Waals surface area contributed by atoms with Crippen molar-refractivity contribution in [1.29, 1.82) is 0 Å². The summed E-state index contributed by atoms with van der Waals surface area (Å²) in [6.45, 7) is 0.592. The highest BCUT2D eigenvalue weighted by Gasteiger charge is 2.21. The number of hydrogen-bond donors (Lipinski definition) is 2. The molecule has 2 unspecified atom stereocenters. The van der Waals surface area contributed by atoms with Crippen LogP contribution >= 0.6 is 11.6 Å². The summed E-state index contributed by atoms with van der Waals surface area (Å²) >= 11 is 5.90. The van der Waals surface area contributed by atoms with Crippen LogP contribution in [0.2, 0.25) is 5.02 Å². The molecule has 1 aromatic heterocycles. The Kier molecular flexibility index (Phi) is 4.55. The fourth-order valence-corrected chi connectivity index (χ4v) is 2.54. The van der Waals surface area contributed by atoms with Crippen LogP contribution in [0.3, 0.4) is 0 Å². The molecule has 2 N–H and O–H groups in total. The first-order valence-corrected chi connectivity index (χ1v) is 6.60. The Morgan fingerprint density at radius 2 is 2.39 bits per heavy atom. The average Bonchev–Trinajstić information content (AvgIpc) is 2.37. The predicted molar refractivity (Wildman–Crippen MR) is 69.5 cm³/mol. The molecule has 2 rings (SSSR count). The van der Waals surface area contributed by atoms with E-state index < -0.39 is 0 Å². The van der Waals surface area contributed by atoms with Crippen LogP contribution in [0.1, 0.15) is 36.0 Å². The second-order valence-electron chi connectivity index (χ2n) is 4.75. The minimum atomic E-state index is -0.217. The fraction of sp³-hybridized carbons (Fsp3) is 0.538. The zero-order valence-corrected chi connectivity index (χ0v) is 10.9. The second kappa shape index (κ2) is 6.16. The van der Waals surface area contributed by atoms with Crippen LogP contribution in [0.25, 0.3) is 0 Å². The van der Waals surface area contributed by atoms with Gasteiger partial charge in [0.25, 0.3) is 5.91 Å². The van der Waals surface area contributed by atoms with E-state index in [1.807, 2.05) is 0 Å². The number of hydrogen-bond acceptors (Lipinski definition) is 3. The molecule has 1 amide bonds. The van der Waals surface area contributed by atoms with Crippen molar-refractivity contribution in [3.05, 3.63) is 29.0 Å². The Morgan fingerprint density at radius 3 is 3.11 bits per heavy atom. The highest BCUT2D eigenvalue weighted by atomic mass is 35.5. The van der Waals surface area contributed by atoms with Crippen LogP contribution in [0.15, 0.2) is 18.5 Å². The van der Waals surface area contributed by atoms with Crippen molar-refractivity contribution in [1.82, 2.24) is 10.3 Å². The first kappa shape index (κ1) is 13.3. The van der Waals surface area contributed by atoms with Gasteiger partial charge in [-0.25, -0.2) is 0 Å². The molecule has 5 heteroatoms. The van der Waals surface area contributed by atoms with E-state index in [0.29, 0.717) is 23.0 Å². The van der Waals surface area contributed by atoms with Crippen molar-refractivity contribution in [2.24, 2.45) is 5.92 Å². The fourth-order valence-electron chi connectivity index (χ4n) is 2.34. The normalized spacial score (nSPS) is 23.7. The van der Waals surface area contributed by atoms with Gasteiger partial charge in [-0.1, -0.05) is 18.0 Å². The van der Waals surface area contributed by atoms with Crippen LogP contribution in [0.4, 0.5) is 0 Å². The second-order valence-corrected chi connectivity index (χ2v) is 5.16. The number of amides is 1. The van der Waals surface area contributed by atoms with Gasteiger partial charge < -0.3 is 10.4 Å². The molecule has 0 aliphatic heterocycles. The van der Waals surface area contributed by atoms with Crippen molar-refractivity contribution in [3.63, 3.8) is 0 Å². The number of aliphatic hydroxyl groups is 1. The lowest BCUT2D eigenvalue weighted by atomic mass is 9.87.